The first kappa shape index (κ1) is 10.3. The lowest BCUT2D eigenvalue weighted by Gasteiger charge is -2.12. The van der Waals surface area contributed by atoms with Gasteiger partial charge in [-0.05, 0) is 25.8 Å². The summed E-state index contributed by atoms with van der Waals surface area (Å²) in [6, 6.07) is 6.77. The van der Waals surface area contributed by atoms with Crippen molar-refractivity contribution in [2.24, 2.45) is 5.73 Å². The summed E-state index contributed by atoms with van der Waals surface area (Å²) in [5.41, 5.74) is 9.93. The molecule has 0 aromatic heterocycles. The van der Waals surface area contributed by atoms with Crippen molar-refractivity contribution in [1.29, 1.82) is 0 Å². The van der Waals surface area contributed by atoms with Gasteiger partial charge in [0.2, 0.25) is 0 Å². The minimum atomic E-state index is 0.212. The summed E-state index contributed by atoms with van der Waals surface area (Å²) in [4.78, 5) is 0. The Hall–Kier alpha value is -0.820. The first-order valence-electron chi connectivity index (χ1n) is 4.97. The second kappa shape index (κ2) is 4.43. The zero-order chi connectivity index (χ0) is 9.84. The molecule has 13 heavy (non-hydrogen) atoms. The van der Waals surface area contributed by atoms with E-state index in [1.54, 1.807) is 0 Å². The van der Waals surface area contributed by atoms with Crippen LogP contribution < -0.4 is 5.73 Å². The van der Waals surface area contributed by atoms with Crippen LogP contribution in [0.2, 0.25) is 0 Å². The van der Waals surface area contributed by atoms with Gasteiger partial charge < -0.3 is 5.73 Å². The maximum absolute atomic E-state index is 6.04. The van der Waals surface area contributed by atoms with Crippen LogP contribution in [0.25, 0.3) is 0 Å². The SMILES string of the molecule is CCCC(N)c1cc(C)cc(C)c1. The number of hydrogen-bond acceptors (Lipinski definition) is 1. The second-order valence-electron chi connectivity index (χ2n) is 3.82. The van der Waals surface area contributed by atoms with Crippen LogP contribution in [0.5, 0.6) is 0 Å². The highest BCUT2D eigenvalue weighted by Gasteiger charge is 2.04. The normalized spacial score (nSPS) is 12.9. The first-order valence-corrected chi connectivity index (χ1v) is 4.97. The number of nitrogens with two attached hydrogens (primary N) is 1. The summed E-state index contributed by atoms with van der Waals surface area (Å²) in [5, 5.41) is 0. The molecule has 0 aliphatic rings. The van der Waals surface area contributed by atoms with Crippen LogP contribution in [0.1, 0.15) is 42.5 Å². The predicted octanol–water partition coefficient (Wildman–Crippen LogP) is 3.10. The molecule has 0 spiro atoms. The van der Waals surface area contributed by atoms with Gasteiger partial charge in [0.1, 0.15) is 0 Å². The van der Waals surface area contributed by atoms with E-state index in [0.29, 0.717) is 0 Å². The zero-order valence-electron chi connectivity index (χ0n) is 8.80. The lowest BCUT2D eigenvalue weighted by atomic mass is 9.99. The van der Waals surface area contributed by atoms with Crippen LogP contribution in [0.15, 0.2) is 18.2 Å². The lowest BCUT2D eigenvalue weighted by Crippen LogP contribution is -2.10. The zero-order valence-corrected chi connectivity index (χ0v) is 8.80. The maximum atomic E-state index is 6.04. The molecule has 2 N–H and O–H groups in total. The standard InChI is InChI=1S/C12H19N/c1-4-5-12(13)11-7-9(2)6-10(3)8-11/h6-8,12H,4-5,13H2,1-3H3. The van der Waals surface area contributed by atoms with Crippen molar-refractivity contribution in [3.05, 3.63) is 34.9 Å². The Morgan fingerprint density at radius 2 is 1.69 bits per heavy atom. The van der Waals surface area contributed by atoms with E-state index in [9.17, 15) is 0 Å². The number of benzene rings is 1. The van der Waals surface area contributed by atoms with Gasteiger partial charge in [-0.3, -0.25) is 0 Å². The van der Waals surface area contributed by atoms with Crippen LogP contribution in [-0.2, 0) is 0 Å². The van der Waals surface area contributed by atoms with Gasteiger partial charge in [-0.1, -0.05) is 42.7 Å². The fraction of sp³-hybridized carbons (Fsp3) is 0.500. The van der Waals surface area contributed by atoms with Gasteiger partial charge in [0.05, 0.1) is 0 Å². The van der Waals surface area contributed by atoms with Crippen LogP contribution in [0.3, 0.4) is 0 Å². The average Bonchev–Trinajstić information content (AvgIpc) is 2.03. The van der Waals surface area contributed by atoms with Crippen LogP contribution in [-0.4, -0.2) is 0 Å². The minimum Gasteiger partial charge on any atom is -0.324 e. The number of aryl methyl sites for hydroxylation is 2. The van der Waals surface area contributed by atoms with Gasteiger partial charge in [0, 0.05) is 6.04 Å². The highest BCUT2D eigenvalue weighted by Crippen LogP contribution is 2.18. The Kier molecular flexibility index (Phi) is 3.49. The topological polar surface area (TPSA) is 26.0 Å². The van der Waals surface area contributed by atoms with Crippen molar-refractivity contribution in [2.75, 3.05) is 0 Å². The largest absolute Gasteiger partial charge is 0.324 e. The van der Waals surface area contributed by atoms with E-state index in [1.165, 1.54) is 16.7 Å². The van der Waals surface area contributed by atoms with Gasteiger partial charge in [0.25, 0.3) is 0 Å². The van der Waals surface area contributed by atoms with E-state index in [2.05, 4.69) is 39.0 Å². The molecule has 0 fully saturated rings. The molecule has 1 nitrogen and oxygen atoms in total. The molecular formula is C12H19N. The molecule has 0 aliphatic heterocycles. The highest BCUT2D eigenvalue weighted by molar-refractivity contribution is 5.30. The predicted molar refractivity (Wildman–Crippen MR) is 57.8 cm³/mol. The Bertz CT molecular complexity index is 258. The molecule has 1 heteroatoms. The van der Waals surface area contributed by atoms with E-state index in [4.69, 9.17) is 5.73 Å². The molecule has 72 valence electrons. The molecule has 1 atom stereocenters. The van der Waals surface area contributed by atoms with Gasteiger partial charge >= 0.3 is 0 Å². The molecule has 1 unspecified atom stereocenters. The highest BCUT2D eigenvalue weighted by atomic mass is 14.6. The molecule has 0 amide bonds. The van der Waals surface area contributed by atoms with E-state index in [-0.39, 0.29) is 6.04 Å². The molecular weight excluding hydrogens is 158 g/mol. The molecule has 0 heterocycles. The Morgan fingerprint density at radius 1 is 1.15 bits per heavy atom. The Labute approximate surface area is 81.0 Å². The van der Waals surface area contributed by atoms with Crippen molar-refractivity contribution in [2.45, 2.75) is 39.7 Å². The monoisotopic (exact) mass is 177 g/mol. The third kappa shape index (κ3) is 2.85. The molecule has 1 aromatic carbocycles. The summed E-state index contributed by atoms with van der Waals surface area (Å²) < 4.78 is 0. The molecule has 0 saturated carbocycles. The van der Waals surface area contributed by atoms with Gasteiger partial charge in [-0.15, -0.1) is 0 Å². The van der Waals surface area contributed by atoms with Crippen molar-refractivity contribution in [3.63, 3.8) is 0 Å². The molecule has 1 rings (SSSR count). The lowest BCUT2D eigenvalue weighted by molar-refractivity contribution is 0.637. The quantitative estimate of drug-likeness (QED) is 0.754. The minimum absolute atomic E-state index is 0.212. The number of hydrogen-bond donors (Lipinski definition) is 1. The van der Waals surface area contributed by atoms with Gasteiger partial charge in [-0.25, -0.2) is 0 Å². The average molecular weight is 177 g/mol. The maximum Gasteiger partial charge on any atom is 0.0294 e. The van der Waals surface area contributed by atoms with E-state index in [0.717, 1.165) is 12.8 Å². The molecule has 0 saturated heterocycles. The second-order valence-corrected chi connectivity index (χ2v) is 3.82. The van der Waals surface area contributed by atoms with Crippen LogP contribution in [0.4, 0.5) is 0 Å². The molecule has 1 aromatic rings. The van der Waals surface area contributed by atoms with Crippen molar-refractivity contribution < 1.29 is 0 Å². The summed E-state index contributed by atoms with van der Waals surface area (Å²) >= 11 is 0. The summed E-state index contributed by atoms with van der Waals surface area (Å²) in [6.07, 6.45) is 2.22. The van der Waals surface area contributed by atoms with Gasteiger partial charge in [0.15, 0.2) is 0 Å². The van der Waals surface area contributed by atoms with E-state index < -0.39 is 0 Å². The number of rotatable bonds is 3. The van der Waals surface area contributed by atoms with Crippen molar-refractivity contribution >= 4 is 0 Å². The van der Waals surface area contributed by atoms with Crippen molar-refractivity contribution in [3.8, 4) is 0 Å². The van der Waals surface area contributed by atoms with E-state index >= 15 is 0 Å². The molecule has 0 radical (unpaired) electrons. The molecule has 0 bridgehead atoms. The van der Waals surface area contributed by atoms with Crippen molar-refractivity contribution in [1.82, 2.24) is 0 Å². The summed E-state index contributed by atoms with van der Waals surface area (Å²) in [7, 11) is 0. The molecule has 0 aliphatic carbocycles. The third-order valence-electron chi connectivity index (χ3n) is 2.27. The van der Waals surface area contributed by atoms with Crippen LogP contribution in [0, 0.1) is 13.8 Å². The fourth-order valence-corrected chi connectivity index (χ4v) is 1.70. The van der Waals surface area contributed by atoms with Gasteiger partial charge in [-0.2, -0.15) is 0 Å². The smallest absolute Gasteiger partial charge is 0.0294 e. The Morgan fingerprint density at radius 3 is 2.15 bits per heavy atom. The summed E-state index contributed by atoms with van der Waals surface area (Å²) in [5.74, 6) is 0. The van der Waals surface area contributed by atoms with Crippen LogP contribution >= 0.6 is 0 Å². The third-order valence-corrected chi connectivity index (χ3v) is 2.27. The fourth-order valence-electron chi connectivity index (χ4n) is 1.70. The first-order chi connectivity index (χ1) is 6.13. The summed E-state index contributed by atoms with van der Waals surface area (Å²) in [6.45, 7) is 6.41. The van der Waals surface area contributed by atoms with E-state index in [1.807, 2.05) is 0 Å². The Balaban J connectivity index is 2.87.